The van der Waals surface area contributed by atoms with E-state index in [1.165, 1.54) is 37.7 Å². The number of hydrogen-bond donors (Lipinski definition) is 0. The van der Waals surface area contributed by atoms with Gasteiger partial charge >= 0.3 is 0 Å². The van der Waals surface area contributed by atoms with Gasteiger partial charge in [-0.15, -0.1) is 6.58 Å². The molecule has 0 aromatic heterocycles. The summed E-state index contributed by atoms with van der Waals surface area (Å²) in [5.74, 6) is 1.21. The molecule has 0 heterocycles. The van der Waals surface area contributed by atoms with Crippen LogP contribution in [0.25, 0.3) is 0 Å². The maximum absolute atomic E-state index is 13.5. The second-order valence-corrected chi connectivity index (χ2v) is 8.27. The third-order valence-corrected chi connectivity index (χ3v) is 6.25. The first-order valence-electron chi connectivity index (χ1n) is 10.7. The Balaban J connectivity index is 1.79. The Morgan fingerprint density at radius 1 is 1.22 bits per heavy atom. The molecule has 1 aromatic carbocycles. The van der Waals surface area contributed by atoms with Crippen molar-refractivity contribution in [3.05, 3.63) is 60.2 Å². The normalized spacial score (nSPS) is 26.0. The molecule has 3 rings (SSSR count). The van der Waals surface area contributed by atoms with E-state index in [1.54, 1.807) is 6.08 Å². The van der Waals surface area contributed by atoms with Gasteiger partial charge in [-0.3, -0.25) is 4.79 Å². The van der Waals surface area contributed by atoms with E-state index in [-0.39, 0.29) is 5.78 Å². The number of allylic oxidation sites excluding steroid dienone is 1. The molecule has 2 atom stereocenters. The molecule has 0 N–H and O–H groups in total. The van der Waals surface area contributed by atoms with Crippen molar-refractivity contribution < 1.29 is 9.53 Å². The summed E-state index contributed by atoms with van der Waals surface area (Å²) >= 11 is 0. The molecule has 27 heavy (non-hydrogen) atoms. The van der Waals surface area contributed by atoms with E-state index in [2.05, 4.69) is 37.8 Å². The largest absolute Gasteiger partial charge is 0.362 e. The van der Waals surface area contributed by atoms with Crippen molar-refractivity contribution >= 4 is 5.78 Å². The van der Waals surface area contributed by atoms with Crippen molar-refractivity contribution in [1.82, 2.24) is 0 Å². The average Bonchev–Trinajstić information content (AvgIpc) is 2.73. The van der Waals surface area contributed by atoms with Crippen molar-refractivity contribution in [3.8, 4) is 0 Å². The van der Waals surface area contributed by atoms with Gasteiger partial charge < -0.3 is 4.74 Å². The topological polar surface area (TPSA) is 26.3 Å². The lowest BCUT2D eigenvalue weighted by Gasteiger charge is -2.36. The first kappa shape index (κ1) is 20.1. The summed E-state index contributed by atoms with van der Waals surface area (Å²) in [6, 6.07) is 8.40. The van der Waals surface area contributed by atoms with Gasteiger partial charge in [0.25, 0.3) is 0 Å². The number of carbonyl (C=O) groups excluding carboxylic acids is 1. The summed E-state index contributed by atoms with van der Waals surface area (Å²) < 4.78 is 6.14. The van der Waals surface area contributed by atoms with Crippen LogP contribution in [0.2, 0.25) is 0 Å². The van der Waals surface area contributed by atoms with Crippen molar-refractivity contribution in [1.29, 1.82) is 0 Å². The predicted octanol–water partition coefficient (Wildman–Crippen LogP) is 6.62. The van der Waals surface area contributed by atoms with E-state index in [4.69, 9.17) is 4.74 Å². The Labute approximate surface area is 164 Å². The highest BCUT2D eigenvalue weighted by Gasteiger charge is 2.42. The molecule has 146 valence electrons. The molecule has 1 saturated carbocycles. The van der Waals surface area contributed by atoms with Gasteiger partial charge in [0.05, 0.1) is 6.61 Å². The molecule has 1 fully saturated rings. The number of benzene rings is 1. The van der Waals surface area contributed by atoms with Crippen LogP contribution < -0.4 is 0 Å². The SMILES string of the molecule is C=CCOC1(C(=O)c2ccc(C3CCCCC3)cc2)CC=CC(CCC)C1. The summed E-state index contributed by atoms with van der Waals surface area (Å²) in [5, 5.41) is 0. The van der Waals surface area contributed by atoms with Crippen LogP contribution in [-0.4, -0.2) is 18.0 Å². The number of rotatable bonds is 8. The van der Waals surface area contributed by atoms with E-state index < -0.39 is 5.60 Å². The predicted molar refractivity (Wildman–Crippen MR) is 112 cm³/mol. The van der Waals surface area contributed by atoms with Crippen LogP contribution in [-0.2, 0) is 4.74 Å². The van der Waals surface area contributed by atoms with Crippen molar-refractivity contribution in [2.24, 2.45) is 5.92 Å². The third-order valence-electron chi connectivity index (χ3n) is 6.25. The molecule has 0 aliphatic heterocycles. The fourth-order valence-corrected chi connectivity index (χ4v) is 4.79. The maximum atomic E-state index is 13.5. The highest BCUT2D eigenvalue weighted by Crippen LogP contribution is 2.37. The number of ketones is 1. The Hall–Kier alpha value is -1.67. The van der Waals surface area contributed by atoms with Crippen LogP contribution in [0, 0.1) is 5.92 Å². The molecule has 0 saturated heterocycles. The van der Waals surface area contributed by atoms with E-state index in [0.717, 1.165) is 24.8 Å². The van der Waals surface area contributed by atoms with Crippen LogP contribution in [0.15, 0.2) is 49.1 Å². The molecule has 2 nitrogen and oxygen atoms in total. The van der Waals surface area contributed by atoms with Gasteiger partial charge in [-0.1, -0.05) is 75.1 Å². The molecule has 0 radical (unpaired) electrons. The number of hydrogen-bond acceptors (Lipinski definition) is 2. The van der Waals surface area contributed by atoms with Crippen molar-refractivity contribution in [2.45, 2.75) is 76.2 Å². The fourth-order valence-electron chi connectivity index (χ4n) is 4.79. The summed E-state index contributed by atoms with van der Waals surface area (Å²) in [4.78, 5) is 13.5. The smallest absolute Gasteiger partial charge is 0.194 e. The minimum atomic E-state index is -0.741. The standard InChI is InChI=1S/C25H34O2/c1-3-9-20-10-8-17-25(19-20,27-18-4-2)24(26)23-15-13-22(14-16-23)21-11-6-5-7-12-21/h4,8,10,13-16,20-21H,2-3,5-7,9,11-12,17-19H2,1H3. The number of Topliss-reactive ketones (excluding diaryl/α,β-unsaturated/α-hetero) is 1. The molecule has 1 aromatic rings. The second-order valence-electron chi connectivity index (χ2n) is 8.27. The Morgan fingerprint density at radius 2 is 1.96 bits per heavy atom. The van der Waals surface area contributed by atoms with E-state index in [0.29, 0.717) is 24.9 Å². The zero-order valence-corrected chi connectivity index (χ0v) is 16.8. The monoisotopic (exact) mass is 366 g/mol. The second kappa shape index (κ2) is 9.50. The summed E-state index contributed by atoms with van der Waals surface area (Å²) in [6.45, 7) is 6.38. The van der Waals surface area contributed by atoms with Gasteiger partial charge in [-0.2, -0.15) is 0 Å². The van der Waals surface area contributed by atoms with Crippen LogP contribution in [0.4, 0.5) is 0 Å². The van der Waals surface area contributed by atoms with E-state index in [9.17, 15) is 4.79 Å². The Kier molecular flexibility index (Phi) is 7.07. The van der Waals surface area contributed by atoms with Crippen molar-refractivity contribution in [3.63, 3.8) is 0 Å². The first-order valence-corrected chi connectivity index (χ1v) is 10.7. The van der Waals surface area contributed by atoms with E-state index >= 15 is 0 Å². The maximum Gasteiger partial charge on any atom is 0.194 e. The van der Waals surface area contributed by atoms with E-state index in [1.807, 2.05) is 12.1 Å². The highest BCUT2D eigenvalue weighted by molar-refractivity contribution is 6.02. The third kappa shape index (κ3) is 4.79. The molecule has 2 aliphatic rings. The van der Waals surface area contributed by atoms with Crippen LogP contribution >= 0.6 is 0 Å². The van der Waals surface area contributed by atoms with Gasteiger partial charge in [-0.05, 0) is 43.1 Å². The minimum absolute atomic E-state index is 0.130. The molecule has 2 unspecified atom stereocenters. The molecule has 0 bridgehead atoms. The fraction of sp³-hybridized carbons (Fsp3) is 0.560. The highest BCUT2D eigenvalue weighted by atomic mass is 16.5. The summed E-state index contributed by atoms with van der Waals surface area (Å²) in [7, 11) is 0. The molecular formula is C25H34O2. The molecular weight excluding hydrogens is 332 g/mol. The number of carbonyl (C=O) groups is 1. The van der Waals surface area contributed by atoms with Crippen molar-refractivity contribution in [2.75, 3.05) is 6.61 Å². The average molecular weight is 367 g/mol. The molecule has 2 aliphatic carbocycles. The molecule has 0 spiro atoms. The van der Waals surface area contributed by atoms with Gasteiger partial charge in [0.2, 0.25) is 0 Å². The van der Waals surface area contributed by atoms with Gasteiger partial charge in [0.1, 0.15) is 5.60 Å². The zero-order chi connectivity index (χ0) is 19.1. The van der Waals surface area contributed by atoms with Crippen LogP contribution in [0.1, 0.15) is 86.6 Å². The minimum Gasteiger partial charge on any atom is -0.362 e. The molecule has 0 amide bonds. The first-order chi connectivity index (χ1) is 13.2. The van der Waals surface area contributed by atoms with Gasteiger partial charge in [-0.25, -0.2) is 0 Å². The summed E-state index contributed by atoms with van der Waals surface area (Å²) in [5.41, 5.74) is 1.43. The van der Waals surface area contributed by atoms with Gasteiger partial charge in [0, 0.05) is 12.0 Å². The lowest BCUT2D eigenvalue weighted by molar-refractivity contribution is -0.0267. The lowest BCUT2D eigenvalue weighted by Crippen LogP contribution is -2.44. The summed E-state index contributed by atoms with van der Waals surface area (Å²) in [6.07, 6.45) is 16.4. The lowest BCUT2D eigenvalue weighted by atomic mass is 9.76. The molecule has 2 heteroatoms. The van der Waals surface area contributed by atoms with Crippen LogP contribution in [0.3, 0.4) is 0 Å². The Bertz CT molecular complexity index is 651. The Morgan fingerprint density at radius 3 is 2.63 bits per heavy atom. The van der Waals surface area contributed by atoms with Crippen LogP contribution in [0.5, 0.6) is 0 Å². The quantitative estimate of drug-likeness (QED) is 0.381. The number of ether oxygens (including phenoxy) is 1. The zero-order valence-electron chi connectivity index (χ0n) is 16.8. The van der Waals surface area contributed by atoms with Gasteiger partial charge in [0.15, 0.2) is 5.78 Å².